The number of benzene rings is 2. The lowest BCUT2D eigenvalue weighted by Gasteiger charge is -2.17. The zero-order valence-electron chi connectivity index (χ0n) is 17.3. The predicted molar refractivity (Wildman–Crippen MR) is 114 cm³/mol. The molecule has 0 bridgehead atoms. The van der Waals surface area contributed by atoms with Crippen molar-refractivity contribution < 1.29 is 31.8 Å². The number of hydrogen-bond acceptors (Lipinski definition) is 4. The van der Waals surface area contributed by atoms with Crippen LogP contribution in [0.2, 0.25) is 0 Å². The molecule has 0 saturated carbocycles. The van der Waals surface area contributed by atoms with Gasteiger partial charge in [-0.3, -0.25) is 9.36 Å². The van der Waals surface area contributed by atoms with Crippen LogP contribution in [0.1, 0.15) is 16.8 Å². The molecule has 2 aromatic carbocycles. The normalized spacial score (nSPS) is 10.8. The van der Waals surface area contributed by atoms with E-state index in [1.54, 1.807) is 0 Å². The quantitative estimate of drug-likeness (QED) is 0.462. The minimum absolute atomic E-state index is 0.0268. The average molecular weight is 529 g/mol. The van der Waals surface area contributed by atoms with Crippen LogP contribution in [0.15, 0.2) is 45.7 Å². The lowest BCUT2D eigenvalue weighted by molar-refractivity contribution is 0.170. The van der Waals surface area contributed by atoms with Crippen molar-refractivity contribution in [1.29, 1.82) is 0 Å². The van der Waals surface area contributed by atoms with Crippen molar-refractivity contribution in [2.24, 2.45) is 0 Å². The number of methoxy groups -OCH3 is 1. The van der Waals surface area contributed by atoms with Gasteiger partial charge in [-0.05, 0) is 46.6 Å². The van der Waals surface area contributed by atoms with Crippen LogP contribution >= 0.6 is 15.9 Å². The molecule has 174 valence electrons. The van der Waals surface area contributed by atoms with E-state index in [9.17, 15) is 27.2 Å². The van der Waals surface area contributed by atoms with Gasteiger partial charge >= 0.3 is 6.09 Å². The van der Waals surface area contributed by atoms with E-state index in [1.807, 2.05) is 0 Å². The molecule has 0 atom stereocenters. The smallest absolute Gasteiger partial charge is 0.407 e. The first-order valence-corrected chi connectivity index (χ1v) is 10.2. The summed E-state index contributed by atoms with van der Waals surface area (Å²) in [6.45, 7) is 0.769. The second-order valence-corrected chi connectivity index (χ2v) is 7.63. The highest BCUT2D eigenvalue weighted by Crippen LogP contribution is 2.27. The Labute approximate surface area is 193 Å². The van der Waals surface area contributed by atoms with Gasteiger partial charge in [-0.15, -0.1) is 0 Å². The standard InChI is InChI=1S/C22H17BrF4N2O4/c1-11-6-18(19(23)21(30)29(11)20-15(25)4-3-5-16(20)26)33-10-14-12(9-28-22(31)32-2)7-13(24)8-17(14)27/h3-8H,9-10H2,1-2H3,(H,28,31). The van der Waals surface area contributed by atoms with E-state index in [4.69, 9.17) is 4.74 Å². The third kappa shape index (κ3) is 5.19. The minimum Gasteiger partial charge on any atom is -0.487 e. The molecule has 11 heteroatoms. The van der Waals surface area contributed by atoms with Crippen LogP contribution in [0.5, 0.6) is 5.75 Å². The van der Waals surface area contributed by atoms with E-state index in [-0.39, 0.29) is 33.6 Å². The average Bonchev–Trinajstić information content (AvgIpc) is 2.76. The Morgan fingerprint density at radius 3 is 2.39 bits per heavy atom. The maximum atomic E-state index is 14.4. The van der Waals surface area contributed by atoms with Gasteiger partial charge in [0.25, 0.3) is 5.56 Å². The molecule has 0 fully saturated rings. The number of ether oxygens (including phenoxy) is 2. The van der Waals surface area contributed by atoms with Gasteiger partial charge in [-0.25, -0.2) is 22.4 Å². The van der Waals surface area contributed by atoms with Crippen molar-refractivity contribution in [2.45, 2.75) is 20.1 Å². The molecule has 0 unspecified atom stereocenters. The Bertz CT molecular complexity index is 1260. The van der Waals surface area contributed by atoms with Crippen LogP contribution in [0.25, 0.3) is 5.69 Å². The van der Waals surface area contributed by atoms with Gasteiger partial charge in [0.2, 0.25) is 0 Å². The molecule has 0 radical (unpaired) electrons. The Balaban J connectivity index is 1.95. The number of alkyl carbamates (subject to hydrolysis) is 1. The molecule has 33 heavy (non-hydrogen) atoms. The fraction of sp³-hybridized carbons (Fsp3) is 0.182. The summed E-state index contributed by atoms with van der Waals surface area (Å²) in [5.41, 5.74) is -1.18. The molecule has 3 rings (SSSR count). The van der Waals surface area contributed by atoms with Crippen molar-refractivity contribution >= 4 is 22.0 Å². The molecule has 6 nitrogen and oxygen atoms in total. The Hall–Kier alpha value is -3.34. The number of carbonyl (C=O) groups is 1. The van der Waals surface area contributed by atoms with Gasteiger partial charge in [-0.1, -0.05) is 6.07 Å². The van der Waals surface area contributed by atoms with E-state index in [0.717, 1.165) is 29.9 Å². The fourth-order valence-electron chi connectivity index (χ4n) is 3.13. The number of carbonyl (C=O) groups excluding carboxylic acids is 1. The number of rotatable bonds is 6. The first-order chi connectivity index (χ1) is 15.6. The summed E-state index contributed by atoms with van der Waals surface area (Å²) in [5.74, 6) is -3.68. The van der Waals surface area contributed by atoms with Crippen LogP contribution in [-0.4, -0.2) is 17.8 Å². The van der Waals surface area contributed by atoms with Crippen molar-refractivity contribution in [2.75, 3.05) is 7.11 Å². The summed E-state index contributed by atoms with van der Waals surface area (Å²) in [6, 6.07) is 6.22. The number of nitrogens with one attached hydrogen (secondary N) is 1. The molecule has 0 spiro atoms. The van der Waals surface area contributed by atoms with Crippen LogP contribution in [0.4, 0.5) is 22.4 Å². The summed E-state index contributed by atoms with van der Waals surface area (Å²) in [4.78, 5) is 24.1. The van der Waals surface area contributed by atoms with Gasteiger partial charge in [-0.2, -0.15) is 0 Å². The first-order valence-electron chi connectivity index (χ1n) is 9.42. The summed E-state index contributed by atoms with van der Waals surface area (Å²) >= 11 is 3.06. The lowest BCUT2D eigenvalue weighted by Crippen LogP contribution is -2.24. The summed E-state index contributed by atoms with van der Waals surface area (Å²) in [7, 11) is 1.14. The topological polar surface area (TPSA) is 69.6 Å². The van der Waals surface area contributed by atoms with Gasteiger partial charge in [0.05, 0.1) is 7.11 Å². The highest BCUT2D eigenvalue weighted by molar-refractivity contribution is 9.10. The van der Waals surface area contributed by atoms with Gasteiger partial charge < -0.3 is 14.8 Å². The van der Waals surface area contributed by atoms with E-state index in [1.165, 1.54) is 19.1 Å². The van der Waals surface area contributed by atoms with Crippen LogP contribution in [0, 0.1) is 30.2 Å². The number of para-hydroxylation sites is 1. The molecule has 0 aliphatic heterocycles. The van der Waals surface area contributed by atoms with Crippen molar-refractivity contribution in [3.8, 4) is 11.4 Å². The number of nitrogens with zero attached hydrogens (tertiary/aromatic N) is 1. The lowest BCUT2D eigenvalue weighted by atomic mass is 10.1. The molecule has 0 aliphatic carbocycles. The van der Waals surface area contributed by atoms with E-state index in [0.29, 0.717) is 6.07 Å². The number of amides is 1. The zero-order chi connectivity index (χ0) is 24.3. The highest BCUT2D eigenvalue weighted by Gasteiger charge is 2.20. The second-order valence-electron chi connectivity index (χ2n) is 6.83. The molecule has 1 amide bonds. The number of halogens is 5. The van der Waals surface area contributed by atoms with Crippen LogP contribution in [-0.2, 0) is 17.9 Å². The zero-order valence-corrected chi connectivity index (χ0v) is 18.9. The molecule has 1 N–H and O–H groups in total. The van der Waals surface area contributed by atoms with Gasteiger partial charge in [0.1, 0.15) is 45.8 Å². The Morgan fingerprint density at radius 2 is 1.76 bits per heavy atom. The number of hydrogen-bond donors (Lipinski definition) is 1. The number of aryl methyl sites for hydroxylation is 1. The summed E-state index contributed by atoms with van der Waals surface area (Å²) in [6.07, 6.45) is -0.797. The third-order valence-corrected chi connectivity index (χ3v) is 5.42. The van der Waals surface area contributed by atoms with Crippen molar-refractivity contribution in [1.82, 2.24) is 9.88 Å². The van der Waals surface area contributed by atoms with E-state index in [2.05, 4.69) is 26.0 Å². The molecular formula is C22H17BrF4N2O4. The Kier molecular flexibility index (Phi) is 7.42. The first kappa shape index (κ1) is 24.3. The Morgan fingerprint density at radius 1 is 1.09 bits per heavy atom. The maximum Gasteiger partial charge on any atom is 0.407 e. The molecule has 1 aromatic heterocycles. The SMILES string of the molecule is COC(=O)NCc1cc(F)cc(F)c1COc1cc(C)n(-c2c(F)cccc2F)c(=O)c1Br. The third-order valence-electron chi connectivity index (χ3n) is 4.69. The monoisotopic (exact) mass is 528 g/mol. The second kappa shape index (κ2) is 10.1. The van der Waals surface area contributed by atoms with Crippen molar-refractivity contribution in [3.05, 3.63) is 91.3 Å². The largest absolute Gasteiger partial charge is 0.487 e. The molecule has 1 heterocycles. The van der Waals surface area contributed by atoms with Crippen molar-refractivity contribution in [3.63, 3.8) is 0 Å². The summed E-state index contributed by atoms with van der Waals surface area (Å²) in [5, 5.41) is 2.32. The number of pyridine rings is 1. The van der Waals surface area contributed by atoms with E-state index < -0.39 is 47.2 Å². The summed E-state index contributed by atoms with van der Waals surface area (Å²) < 4.78 is 67.2. The fourth-order valence-corrected chi connectivity index (χ4v) is 3.54. The maximum absolute atomic E-state index is 14.4. The van der Waals surface area contributed by atoms with Crippen LogP contribution in [0.3, 0.4) is 0 Å². The number of aromatic nitrogens is 1. The van der Waals surface area contributed by atoms with Gasteiger partial charge in [0, 0.05) is 29.9 Å². The van der Waals surface area contributed by atoms with Crippen LogP contribution < -0.4 is 15.6 Å². The predicted octanol–water partition coefficient (Wildman–Crippen LogP) is 4.90. The minimum atomic E-state index is -0.933. The molecule has 3 aromatic rings. The highest BCUT2D eigenvalue weighted by atomic mass is 79.9. The molecule has 0 aliphatic rings. The molecular weight excluding hydrogens is 512 g/mol. The molecule has 0 saturated heterocycles. The van der Waals surface area contributed by atoms with E-state index >= 15 is 0 Å². The van der Waals surface area contributed by atoms with Gasteiger partial charge in [0.15, 0.2) is 0 Å².